The Balaban J connectivity index is 1.58. The third-order valence-corrected chi connectivity index (χ3v) is 5.91. The molecule has 0 atom stereocenters. The summed E-state index contributed by atoms with van der Waals surface area (Å²) >= 11 is 15.2. The molecule has 4 rings (SSSR count). The lowest BCUT2D eigenvalue weighted by atomic mass is 10.1. The summed E-state index contributed by atoms with van der Waals surface area (Å²) in [7, 11) is 0. The number of urea groups is 1. The highest BCUT2D eigenvalue weighted by Gasteiger charge is 2.37. The van der Waals surface area contributed by atoms with Gasteiger partial charge >= 0.3 is 6.03 Å². The van der Waals surface area contributed by atoms with E-state index in [9.17, 15) is 19.2 Å². The van der Waals surface area contributed by atoms with Crippen molar-refractivity contribution in [3.63, 3.8) is 0 Å². The van der Waals surface area contributed by atoms with Crippen LogP contribution >= 0.6 is 39.1 Å². The number of ether oxygens (including phenoxy) is 1. The van der Waals surface area contributed by atoms with Crippen LogP contribution in [0.4, 0.5) is 16.2 Å². The van der Waals surface area contributed by atoms with E-state index in [1.807, 2.05) is 0 Å². The zero-order valence-electron chi connectivity index (χ0n) is 18.3. The maximum absolute atomic E-state index is 13.2. The van der Waals surface area contributed by atoms with Crippen molar-refractivity contribution < 1.29 is 23.9 Å². The first-order valence-corrected chi connectivity index (χ1v) is 11.9. The van der Waals surface area contributed by atoms with Crippen LogP contribution < -0.4 is 20.3 Å². The maximum Gasteiger partial charge on any atom is 0.335 e. The highest BCUT2D eigenvalue weighted by Crippen LogP contribution is 2.29. The number of hydrogen-bond donors (Lipinski definition) is 2. The Bertz CT molecular complexity index is 1410. The molecule has 0 bridgehead atoms. The fourth-order valence-electron chi connectivity index (χ4n) is 3.30. The number of barbiturate groups is 1. The number of amides is 5. The van der Waals surface area contributed by atoms with Gasteiger partial charge in [0.05, 0.1) is 5.69 Å². The van der Waals surface area contributed by atoms with Gasteiger partial charge in [0.1, 0.15) is 11.3 Å². The molecule has 0 spiro atoms. The summed E-state index contributed by atoms with van der Waals surface area (Å²) in [5.41, 5.74) is 0.778. The first kappa shape index (κ1) is 25.4. The number of nitrogens with zero attached hydrogens (tertiary/aromatic N) is 1. The van der Waals surface area contributed by atoms with Crippen LogP contribution in [0.2, 0.25) is 10.0 Å². The molecule has 1 saturated heterocycles. The van der Waals surface area contributed by atoms with Crippen LogP contribution in [-0.4, -0.2) is 30.4 Å². The second-order valence-electron chi connectivity index (χ2n) is 7.46. The third kappa shape index (κ3) is 5.93. The van der Waals surface area contributed by atoms with Crippen molar-refractivity contribution in [2.45, 2.75) is 0 Å². The van der Waals surface area contributed by atoms with Crippen LogP contribution in [0, 0.1) is 0 Å². The number of rotatable bonds is 6. The molecule has 5 amide bonds. The number of benzene rings is 3. The molecule has 8 nitrogen and oxygen atoms in total. The molecule has 2 N–H and O–H groups in total. The Hall–Kier alpha value is -3.66. The fraction of sp³-hybridized carbons (Fsp3) is 0.0400. The van der Waals surface area contributed by atoms with E-state index in [1.165, 1.54) is 18.2 Å². The van der Waals surface area contributed by atoms with Gasteiger partial charge in [-0.3, -0.25) is 19.7 Å². The number of carbonyl (C=O) groups is 4. The third-order valence-electron chi connectivity index (χ3n) is 4.93. The van der Waals surface area contributed by atoms with Gasteiger partial charge in [0.2, 0.25) is 0 Å². The van der Waals surface area contributed by atoms with Gasteiger partial charge in [-0.1, -0.05) is 45.2 Å². The zero-order valence-corrected chi connectivity index (χ0v) is 21.4. The van der Waals surface area contributed by atoms with E-state index in [0.29, 0.717) is 25.8 Å². The summed E-state index contributed by atoms with van der Waals surface area (Å²) in [6.07, 6.45) is 1.29. The number of anilines is 2. The van der Waals surface area contributed by atoms with Gasteiger partial charge in [0.15, 0.2) is 6.61 Å². The summed E-state index contributed by atoms with van der Waals surface area (Å²) in [5.74, 6) is -1.89. The lowest BCUT2D eigenvalue weighted by Gasteiger charge is -2.26. The molecule has 0 saturated carbocycles. The molecule has 1 aliphatic heterocycles. The normalized spacial score (nSPS) is 14.6. The van der Waals surface area contributed by atoms with Crippen molar-refractivity contribution in [3.8, 4) is 5.75 Å². The molecular weight excluding hydrogens is 573 g/mol. The van der Waals surface area contributed by atoms with Crippen LogP contribution in [0.25, 0.3) is 6.08 Å². The van der Waals surface area contributed by atoms with E-state index < -0.39 is 23.8 Å². The van der Waals surface area contributed by atoms with E-state index >= 15 is 0 Å². The minimum atomic E-state index is -0.894. The molecule has 0 aromatic heterocycles. The second kappa shape index (κ2) is 10.9. The standard InChI is InChI=1S/C25H16BrCl2N3O5/c26-15-4-9-21(36-13-22(32)29-18-7-5-16(27)6-8-18)14(10-15)11-20-23(33)30-25(35)31(24(20)34)19-3-1-2-17(28)12-19/h1-12H,13H2,(H,29,32)(H,30,33,35)/b20-11+. The van der Waals surface area contributed by atoms with E-state index in [-0.39, 0.29) is 23.6 Å². The summed E-state index contributed by atoms with van der Waals surface area (Å²) in [6.45, 7) is -0.340. The summed E-state index contributed by atoms with van der Waals surface area (Å²) in [4.78, 5) is 51.3. The van der Waals surface area contributed by atoms with Crippen LogP contribution in [0.3, 0.4) is 0 Å². The Morgan fingerprint density at radius 1 is 1.00 bits per heavy atom. The van der Waals surface area contributed by atoms with Crippen LogP contribution in [-0.2, 0) is 14.4 Å². The van der Waals surface area contributed by atoms with Crippen LogP contribution in [0.5, 0.6) is 5.75 Å². The molecule has 1 heterocycles. The second-order valence-corrected chi connectivity index (χ2v) is 9.25. The molecular formula is C25H16BrCl2N3O5. The van der Waals surface area contributed by atoms with Crippen molar-refractivity contribution in [1.82, 2.24) is 5.32 Å². The van der Waals surface area contributed by atoms with Gasteiger partial charge in [-0.15, -0.1) is 0 Å². The SMILES string of the molecule is O=C(COc1ccc(Br)cc1/C=C1\C(=O)NC(=O)N(c2cccc(Cl)c2)C1=O)Nc1ccc(Cl)cc1. The maximum atomic E-state index is 13.2. The van der Waals surface area contributed by atoms with E-state index in [0.717, 1.165) is 4.90 Å². The van der Waals surface area contributed by atoms with Gasteiger partial charge < -0.3 is 10.1 Å². The minimum absolute atomic E-state index is 0.202. The predicted octanol–water partition coefficient (Wildman–Crippen LogP) is 5.44. The van der Waals surface area contributed by atoms with Crippen molar-refractivity contribution in [1.29, 1.82) is 0 Å². The average molecular weight is 589 g/mol. The first-order chi connectivity index (χ1) is 17.2. The molecule has 1 aliphatic rings. The quantitative estimate of drug-likeness (QED) is 0.295. The topological polar surface area (TPSA) is 105 Å². The Morgan fingerprint density at radius 2 is 1.75 bits per heavy atom. The largest absolute Gasteiger partial charge is 0.483 e. The molecule has 182 valence electrons. The molecule has 36 heavy (non-hydrogen) atoms. The lowest BCUT2D eigenvalue weighted by molar-refractivity contribution is -0.122. The van der Waals surface area contributed by atoms with Crippen molar-refractivity contribution in [3.05, 3.63) is 92.4 Å². The molecule has 0 unspecified atom stereocenters. The fourth-order valence-corrected chi connectivity index (χ4v) is 3.99. The van der Waals surface area contributed by atoms with Crippen molar-refractivity contribution >= 4 is 80.3 Å². The highest BCUT2D eigenvalue weighted by atomic mass is 79.9. The molecule has 3 aromatic rings. The number of carbonyl (C=O) groups excluding carboxylic acids is 4. The van der Waals surface area contributed by atoms with E-state index in [1.54, 1.807) is 54.6 Å². The van der Waals surface area contributed by atoms with Crippen molar-refractivity contribution in [2.75, 3.05) is 16.8 Å². The number of hydrogen-bond acceptors (Lipinski definition) is 5. The monoisotopic (exact) mass is 587 g/mol. The Morgan fingerprint density at radius 3 is 2.47 bits per heavy atom. The predicted molar refractivity (Wildman–Crippen MR) is 140 cm³/mol. The summed E-state index contributed by atoms with van der Waals surface area (Å²) < 4.78 is 6.30. The van der Waals surface area contributed by atoms with Crippen LogP contribution in [0.1, 0.15) is 5.56 Å². The summed E-state index contributed by atoms with van der Waals surface area (Å²) in [6, 6.07) is 16.7. The Kier molecular flexibility index (Phi) is 7.73. The number of halogens is 3. The molecule has 0 radical (unpaired) electrons. The zero-order chi connectivity index (χ0) is 25.8. The van der Waals surface area contributed by atoms with Gasteiger partial charge in [0, 0.05) is 25.8 Å². The Labute approximate surface area is 223 Å². The highest BCUT2D eigenvalue weighted by molar-refractivity contribution is 9.10. The van der Waals surface area contributed by atoms with Gasteiger partial charge in [0.25, 0.3) is 17.7 Å². The van der Waals surface area contributed by atoms with E-state index in [4.69, 9.17) is 27.9 Å². The van der Waals surface area contributed by atoms with Gasteiger partial charge in [-0.25, -0.2) is 9.69 Å². The average Bonchev–Trinajstić information content (AvgIpc) is 2.82. The van der Waals surface area contributed by atoms with Gasteiger partial charge in [-0.05, 0) is 66.7 Å². The number of imide groups is 2. The van der Waals surface area contributed by atoms with Gasteiger partial charge in [-0.2, -0.15) is 0 Å². The molecule has 0 aliphatic carbocycles. The molecule has 11 heteroatoms. The van der Waals surface area contributed by atoms with Crippen molar-refractivity contribution in [2.24, 2.45) is 0 Å². The lowest BCUT2D eigenvalue weighted by Crippen LogP contribution is -2.54. The minimum Gasteiger partial charge on any atom is -0.483 e. The number of nitrogens with one attached hydrogen (secondary N) is 2. The molecule has 3 aromatic carbocycles. The smallest absolute Gasteiger partial charge is 0.335 e. The molecule has 1 fully saturated rings. The van der Waals surface area contributed by atoms with Crippen LogP contribution in [0.15, 0.2) is 76.8 Å². The van der Waals surface area contributed by atoms with E-state index in [2.05, 4.69) is 26.6 Å². The first-order valence-electron chi connectivity index (χ1n) is 10.4. The summed E-state index contributed by atoms with van der Waals surface area (Å²) in [5, 5.41) is 5.68.